The topological polar surface area (TPSA) is 72.2 Å². The van der Waals surface area contributed by atoms with Crippen LogP contribution in [0.25, 0.3) is 15.9 Å². The molecule has 124 valence electrons. The fraction of sp³-hybridized carbons (Fsp3) is 0.235. The lowest BCUT2D eigenvalue weighted by molar-refractivity contribution is -0.136. The van der Waals surface area contributed by atoms with E-state index in [1.165, 1.54) is 15.9 Å². The summed E-state index contributed by atoms with van der Waals surface area (Å²) in [6, 6.07) is 9.19. The number of aryl methyl sites for hydroxylation is 2. The second kappa shape index (κ2) is 6.41. The van der Waals surface area contributed by atoms with Gasteiger partial charge in [0.1, 0.15) is 10.1 Å². The molecule has 1 atom stereocenters. The first-order valence-electron chi connectivity index (χ1n) is 7.37. The molecule has 0 saturated heterocycles. The summed E-state index contributed by atoms with van der Waals surface area (Å²) < 4.78 is 1.51. The molecule has 0 aliphatic carbocycles. The second-order valence-electron chi connectivity index (χ2n) is 5.43. The summed E-state index contributed by atoms with van der Waals surface area (Å²) in [7, 11) is 0. The summed E-state index contributed by atoms with van der Waals surface area (Å²) in [6.45, 7) is 5.46. The molecule has 0 aliphatic heterocycles. The molecule has 5 nitrogen and oxygen atoms in total. The van der Waals surface area contributed by atoms with Gasteiger partial charge in [-0.1, -0.05) is 30.0 Å². The first-order chi connectivity index (χ1) is 11.4. The second-order valence-corrected chi connectivity index (χ2v) is 7.94. The van der Waals surface area contributed by atoms with E-state index in [-0.39, 0.29) is 5.56 Å². The smallest absolute Gasteiger partial charge is 0.316 e. The summed E-state index contributed by atoms with van der Waals surface area (Å²) in [5.74, 6) is -0.938. The van der Waals surface area contributed by atoms with Gasteiger partial charge in [0, 0.05) is 4.88 Å². The third-order valence-electron chi connectivity index (χ3n) is 3.82. The van der Waals surface area contributed by atoms with Crippen molar-refractivity contribution in [2.24, 2.45) is 0 Å². The molecule has 1 N–H and O–H groups in total. The molecule has 24 heavy (non-hydrogen) atoms. The normalized spacial score (nSPS) is 12.5. The first kappa shape index (κ1) is 16.7. The summed E-state index contributed by atoms with van der Waals surface area (Å²) >= 11 is 2.54. The van der Waals surface area contributed by atoms with E-state index in [1.54, 1.807) is 6.92 Å². The number of thiophene rings is 1. The van der Waals surface area contributed by atoms with Crippen LogP contribution in [0.3, 0.4) is 0 Å². The molecule has 7 heteroatoms. The van der Waals surface area contributed by atoms with Gasteiger partial charge in [-0.05, 0) is 38.5 Å². The van der Waals surface area contributed by atoms with Crippen LogP contribution in [0, 0.1) is 13.8 Å². The van der Waals surface area contributed by atoms with Gasteiger partial charge in [0.25, 0.3) is 5.56 Å². The van der Waals surface area contributed by atoms with Crippen molar-refractivity contribution in [2.45, 2.75) is 31.2 Å². The third kappa shape index (κ3) is 2.85. The van der Waals surface area contributed by atoms with Crippen LogP contribution in [0.2, 0.25) is 0 Å². The molecule has 3 aromatic rings. The highest BCUT2D eigenvalue weighted by molar-refractivity contribution is 8.00. The standard InChI is InChI=1S/C17H16N2O3S2/c1-9-10(2)23-14-13(9)15(20)19(12-7-5-4-6-8-12)17(18-14)24-11(3)16(21)22/h4-8,11H,1-3H3,(H,21,22)/t11-/m0/s1. The lowest BCUT2D eigenvalue weighted by atomic mass is 10.2. The summed E-state index contributed by atoms with van der Waals surface area (Å²) in [5.41, 5.74) is 1.45. The highest BCUT2D eigenvalue weighted by Crippen LogP contribution is 2.30. The number of para-hydroxylation sites is 1. The van der Waals surface area contributed by atoms with Gasteiger partial charge in [-0.3, -0.25) is 14.2 Å². The Morgan fingerprint density at radius 3 is 2.58 bits per heavy atom. The molecule has 0 unspecified atom stereocenters. The number of aliphatic carboxylic acids is 1. The van der Waals surface area contributed by atoms with E-state index < -0.39 is 11.2 Å². The minimum Gasteiger partial charge on any atom is -0.480 e. The molecule has 0 bridgehead atoms. The lowest BCUT2D eigenvalue weighted by Gasteiger charge is -2.13. The Labute approximate surface area is 147 Å². The largest absolute Gasteiger partial charge is 0.480 e. The SMILES string of the molecule is Cc1sc2nc(S[C@@H](C)C(=O)O)n(-c3ccccc3)c(=O)c2c1C. The molecule has 1 aromatic carbocycles. The first-order valence-corrected chi connectivity index (χ1v) is 9.07. The van der Waals surface area contributed by atoms with Crippen molar-refractivity contribution < 1.29 is 9.90 Å². The van der Waals surface area contributed by atoms with Gasteiger partial charge < -0.3 is 5.11 Å². The Kier molecular flexibility index (Phi) is 4.47. The zero-order valence-electron chi connectivity index (χ0n) is 13.4. The third-order valence-corrected chi connectivity index (χ3v) is 5.96. The van der Waals surface area contributed by atoms with Gasteiger partial charge in [-0.15, -0.1) is 11.3 Å². The van der Waals surface area contributed by atoms with Crippen LogP contribution in [-0.4, -0.2) is 25.9 Å². The summed E-state index contributed by atoms with van der Waals surface area (Å²) in [6.07, 6.45) is 0. The van der Waals surface area contributed by atoms with Crippen LogP contribution in [0.15, 0.2) is 40.3 Å². The highest BCUT2D eigenvalue weighted by Gasteiger charge is 2.21. The van der Waals surface area contributed by atoms with Crippen molar-refractivity contribution in [3.8, 4) is 5.69 Å². The maximum absolute atomic E-state index is 13.1. The van der Waals surface area contributed by atoms with Gasteiger partial charge in [0.15, 0.2) is 5.16 Å². The predicted molar refractivity (Wildman–Crippen MR) is 97.6 cm³/mol. The molecule has 2 heterocycles. The van der Waals surface area contributed by atoms with Crippen LogP contribution in [0.1, 0.15) is 17.4 Å². The van der Waals surface area contributed by atoms with Crippen molar-refractivity contribution in [1.82, 2.24) is 9.55 Å². The molecule has 0 aliphatic rings. The van der Waals surface area contributed by atoms with E-state index in [1.807, 2.05) is 44.2 Å². The maximum atomic E-state index is 13.1. The minimum atomic E-state index is -0.938. The van der Waals surface area contributed by atoms with Gasteiger partial charge in [0.2, 0.25) is 0 Å². The number of fused-ring (bicyclic) bond motifs is 1. The van der Waals surface area contributed by atoms with Crippen LogP contribution in [-0.2, 0) is 4.79 Å². The van der Waals surface area contributed by atoms with Gasteiger partial charge in [-0.2, -0.15) is 0 Å². The molecule has 0 amide bonds. The Morgan fingerprint density at radius 2 is 1.96 bits per heavy atom. The Balaban J connectivity index is 2.32. The van der Waals surface area contributed by atoms with E-state index in [0.717, 1.165) is 22.2 Å². The van der Waals surface area contributed by atoms with Crippen molar-refractivity contribution in [3.63, 3.8) is 0 Å². The quantitative estimate of drug-likeness (QED) is 0.568. The number of benzene rings is 1. The van der Waals surface area contributed by atoms with E-state index in [0.29, 0.717) is 21.1 Å². The number of carbonyl (C=O) groups is 1. The number of rotatable bonds is 4. The van der Waals surface area contributed by atoms with E-state index in [9.17, 15) is 14.7 Å². The summed E-state index contributed by atoms with van der Waals surface area (Å²) in [4.78, 5) is 30.6. The predicted octanol–water partition coefficient (Wildman–Crippen LogP) is 3.63. The Morgan fingerprint density at radius 1 is 1.29 bits per heavy atom. The average molecular weight is 360 g/mol. The van der Waals surface area contributed by atoms with Crippen molar-refractivity contribution in [3.05, 3.63) is 51.1 Å². The number of thioether (sulfide) groups is 1. The number of hydrogen-bond donors (Lipinski definition) is 1. The van der Waals surface area contributed by atoms with Crippen molar-refractivity contribution in [1.29, 1.82) is 0 Å². The van der Waals surface area contributed by atoms with E-state index in [2.05, 4.69) is 4.98 Å². The van der Waals surface area contributed by atoms with Gasteiger partial charge in [-0.25, -0.2) is 4.98 Å². The zero-order chi connectivity index (χ0) is 17.4. The monoisotopic (exact) mass is 360 g/mol. The Bertz CT molecular complexity index is 977. The number of nitrogens with zero attached hydrogens (tertiary/aromatic N) is 2. The molecule has 0 radical (unpaired) electrons. The highest BCUT2D eigenvalue weighted by atomic mass is 32.2. The fourth-order valence-electron chi connectivity index (χ4n) is 2.37. The number of hydrogen-bond acceptors (Lipinski definition) is 5. The fourth-order valence-corrected chi connectivity index (χ4v) is 4.30. The molecule has 0 saturated carbocycles. The lowest BCUT2D eigenvalue weighted by Crippen LogP contribution is -2.23. The van der Waals surface area contributed by atoms with Crippen LogP contribution < -0.4 is 5.56 Å². The molecule has 0 fully saturated rings. The van der Waals surface area contributed by atoms with E-state index >= 15 is 0 Å². The summed E-state index contributed by atoms with van der Waals surface area (Å²) in [5, 5.41) is 9.50. The number of carboxylic acids is 1. The van der Waals surface area contributed by atoms with E-state index in [4.69, 9.17) is 0 Å². The molecule has 3 rings (SSSR count). The van der Waals surface area contributed by atoms with Crippen molar-refractivity contribution in [2.75, 3.05) is 0 Å². The average Bonchev–Trinajstić information content (AvgIpc) is 2.83. The molecule has 0 spiro atoms. The minimum absolute atomic E-state index is 0.159. The van der Waals surface area contributed by atoms with Crippen LogP contribution in [0.4, 0.5) is 0 Å². The number of carboxylic acid groups (broad SMARTS) is 1. The molecular weight excluding hydrogens is 344 g/mol. The van der Waals surface area contributed by atoms with Crippen molar-refractivity contribution >= 4 is 39.3 Å². The zero-order valence-corrected chi connectivity index (χ0v) is 15.1. The maximum Gasteiger partial charge on any atom is 0.316 e. The van der Waals surface area contributed by atoms with Gasteiger partial charge >= 0.3 is 5.97 Å². The van der Waals surface area contributed by atoms with Crippen LogP contribution >= 0.6 is 23.1 Å². The Hall–Kier alpha value is -2.12. The van der Waals surface area contributed by atoms with Gasteiger partial charge in [0.05, 0.1) is 11.1 Å². The molecule has 2 aromatic heterocycles. The number of aromatic nitrogens is 2. The van der Waals surface area contributed by atoms with Crippen LogP contribution in [0.5, 0.6) is 0 Å². The molecular formula is C17H16N2O3S2.